The van der Waals surface area contributed by atoms with Crippen LogP contribution >= 0.6 is 11.3 Å². The van der Waals surface area contributed by atoms with Gasteiger partial charge in [-0.05, 0) is 12.5 Å². The Bertz CT molecular complexity index is 650. The van der Waals surface area contributed by atoms with Crippen molar-refractivity contribution in [2.24, 2.45) is 0 Å². The van der Waals surface area contributed by atoms with E-state index in [9.17, 15) is 14.3 Å². The van der Waals surface area contributed by atoms with Crippen molar-refractivity contribution in [2.75, 3.05) is 11.9 Å². The largest absolute Gasteiger partial charge is 0.386 e. The fourth-order valence-electron chi connectivity index (χ4n) is 1.92. The first-order valence-electron chi connectivity index (χ1n) is 7.40. The standard InChI is InChI=1S/C15H19FN4O2S/c1-2-3-8-13-19-20-15(23-13)18-14(22)17-9-12(21)10-6-4-5-7-11(10)16/h4-7,12,21H,2-3,8-9H2,1H3,(H2,17,18,20,22). The first-order valence-corrected chi connectivity index (χ1v) is 8.21. The van der Waals surface area contributed by atoms with Gasteiger partial charge in [0.15, 0.2) is 0 Å². The van der Waals surface area contributed by atoms with E-state index in [1.165, 1.54) is 29.5 Å². The Morgan fingerprint density at radius 2 is 2.17 bits per heavy atom. The molecule has 0 bridgehead atoms. The molecule has 1 unspecified atom stereocenters. The molecule has 0 radical (unpaired) electrons. The SMILES string of the molecule is CCCCc1nnc(NC(=O)NCC(O)c2ccccc2F)s1. The lowest BCUT2D eigenvalue weighted by Gasteiger charge is -2.12. The Hall–Kier alpha value is -2.06. The van der Waals surface area contributed by atoms with Crippen LogP contribution in [0.4, 0.5) is 14.3 Å². The van der Waals surface area contributed by atoms with Gasteiger partial charge in [-0.15, -0.1) is 10.2 Å². The fourth-order valence-corrected chi connectivity index (χ4v) is 2.70. The van der Waals surface area contributed by atoms with Crippen LogP contribution in [0, 0.1) is 5.82 Å². The van der Waals surface area contributed by atoms with Crippen LogP contribution in [0.25, 0.3) is 0 Å². The number of urea groups is 1. The number of aryl methyl sites for hydroxylation is 1. The van der Waals surface area contributed by atoms with E-state index >= 15 is 0 Å². The molecule has 0 aliphatic heterocycles. The topological polar surface area (TPSA) is 87.1 Å². The number of rotatable bonds is 7. The zero-order valence-corrected chi connectivity index (χ0v) is 13.6. The summed E-state index contributed by atoms with van der Waals surface area (Å²) >= 11 is 1.32. The van der Waals surface area contributed by atoms with Gasteiger partial charge in [0, 0.05) is 18.5 Å². The van der Waals surface area contributed by atoms with Crippen LogP contribution in [0.1, 0.15) is 36.4 Å². The second kappa shape index (κ2) is 8.54. The van der Waals surface area contributed by atoms with Crippen LogP contribution in [-0.2, 0) is 6.42 Å². The van der Waals surface area contributed by atoms with Gasteiger partial charge in [-0.25, -0.2) is 9.18 Å². The fraction of sp³-hybridized carbons (Fsp3) is 0.400. The molecule has 2 aromatic rings. The predicted molar refractivity (Wildman–Crippen MR) is 86.9 cm³/mol. The second-order valence-electron chi connectivity index (χ2n) is 4.98. The highest BCUT2D eigenvalue weighted by Gasteiger charge is 2.14. The molecular weight excluding hydrogens is 319 g/mol. The lowest BCUT2D eigenvalue weighted by molar-refractivity contribution is 0.170. The molecule has 1 aromatic carbocycles. The van der Waals surface area contributed by atoms with Crippen molar-refractivity contribution in [3.05, 3.63) is 40.7 Å². The zero-order chi connectivity index (χ0) is 16.7. The summed E-state index contributed by atoms with van der Waals surface area (Å²) in [5, 5.41) is 24.1. The summed E-state index contributed by atoms with van der Waals surface area (Å²) in [5.41, 5.74) is 0.144. The van der Waals surface area contributed by atoms with E-state index in [4.69, 9.17) is 0 Å². The highest BCUT2D eigenvalue weighted by molar-refractivity contribution is 7.15. The molecule has 2 rings (SSSR count). The van der Waals surface area contributed by atoms with Gasteiger partial charge in [-0.1, -0.05) is 42.9 Å². The summed E-state index contributed by atoms with van der Waals surface area (Å²) in [4.78, 5) is 11.8. The minimum atomic E-state index is -1.11. The Morgan fingerprint density at radius 3 is 2.91 bits per heavy atom. The van der Waals surface area contributed by atoms with Crippen molar-refractivity contribution in [2.45, 2.75) is 32.3 Å². The summed E-state index contributed by atoms with van der Waals surface area (Å²) in [6.45, 7) is 1.99. The van der Waals surface area contributed by atoms with Crippen molar-refractivity contribution in [3.63, 3.8) is 0 Å². The second-order valence-corrected chi connectivity index (χ2v) is 6.04. The normalized spacial score (nSPS) is 12.0. The first-order chi connectivity index (χ1) is 11.1. The average Bonchev–Trinajstić information content (AvgIpc) is 2.98. The smallest absolute Gasteiger partial charge is 0.321 e. The van der Waals surface area contributed by atoms with Gasteiger partial charge in [-0.3, -0.25) is 5.32 Å². The molecule has 3 N–H and O–H groups in total. The molecule has 1 atom stereocenters. The monoisotopic (exact) mass is 338 g/mol. The minimum absolute atomic E-state index is 0.103. The third-order valence-electron chi connectivity index (χ3n) is 3.15. The lowest BCUT2D eigenvalue weighted by Crippen LogP contribution is -2.32. The molecule has 0 spiro atoms. The predicted octanol–water partition coefficient (Wildman–Crippen LogP) is 2.87. The number of amides is 2. The van der Waals surface area contributed by atoms with Gasteiger partial charge in [0.1, 0.15) is 10.8 Å². The molecule has 0 saturated heterocycles. The van der Waals surface area contributed by atoms with Crippen LogP contribution in [0.2, 0.25) is 0 Å². The van der Waals surface area contributed by atoms with E-state index in [0.29, 0.717) is 5.13 Å². The number of aliphatic hydroxyl groups is 1. The number of benzene rings is 1. The van der Waals surface area contributed by atoms with Crippen molar-refractivity contribution in [1.29, 1.82) is 0 Å². The number of anilines is 1. The Labute approximate surface area is 137 Å². The maximum absolute atomic E-state index is 13.5. The quantitative estimate of drug-likeness (QED) is 0.724. The molecule has 0 saturated carbocycles. The molecule has 124 valence electrons. The van der Waals surface area contributed by atoms with Gasteiger partial charge in [0.05, 0.1) is 6.10 Å². The summed E-state index contributed by atoms with van der Waals surface area (Å²) in [5.74, 6) is -0.508. The van der Waals surface area contributed by atoms with Crippen molar-refractivity contribution < 1.29 is 14.3 Å². The number of halogens is 1. The third kappa shape index (κ3) is 5.26. The van der Waals surface area contributed by atoms with Gasteiger partial charge in [0.25, 0.3) is 0 Å². The van der Waals surface area contributed by atoms with E-state index in [2.05, 4.69) is 27.8 Å². The molecule has 0 aliphatic carbocycles. The number of unbranched alkanes of at least 4 members (excludes halogenated alkanes) is 1. The number of hydrogen-bond donors (Lipinski definition) is 3. The molecule has 1 heterocycles. The highest BCUT2D eigenvalue weighted by Crippen LogP contribution is 2.18. The number of nitrogens with one attached hydrogen (secondary N) is 2. The number of carbonyl (C=O) groups excluding carboxylic acids is 1. The van der Waals surface area contributed by atoms with Gasteiger partial charge >= 0.3 is 6.03 Å². The Balaban J connectivity index is 1.81. The van der Waals surface area contributed by atoms with E-state index in [1.54, 1.807) is 6.07 Å². The Kier molecular flexibility index (Phi) is 6.42. The molecule has 0 aliphatic rings. The summed E-state index contributed by atoms with van der Waals surface area (Å²) < 4.78 is 13.5. The summed E-state index contributed by atoms with van der Waals surface area (Å²) in [6.07, 6.45) is 1.81. The zero-order valence-electron chi connectivity index (χ0n) is 12.8. The van der Waals surface area contributed by atoms with Crippen LogP contribution < -0.4 is 10.6 Å². The maximum Gasteiger partial charge on any atom is 0.321 e. The van der Waals surface area contributed by atoms with E-state index in [1.807, 2.05) is 0 Å². The van der Waals surface area contributed by atoms with Crippen LogP contribution in [0.3, 0.4) is 0 Å². The van der Waals surface area contributed by atoms with Crippen LogP contribution in [0.5, 0.6) is 0 Å². The number of aliphatic hydroxyl groups excluding tert-OH is 1. The molecule has 2 amide bonds. The lowest BCUT2D eigenvalue weighted by atomic mass is 10.1. The highest BCUT2D eigenvalue weighted by atomic mass is 32.1. The van der Waals surface area contributed by atoms with Crippen LogP contribution in [0.15, 0.2) is 24.3 Å². The summed E-state index contributed by atoms with van der Waals surface area (Å²) in [7, 11) is 0. The molecule has 8 heteroatoms. The molecule has 0 fully saturated rings. The first kappa shape index (κ1) is 17.3. The van der Waals surface area contributed by atoms with Gasteiger partial charge in [-0.2, -0.15) is 0 Å². The number of aromatic nitrogens is 2. The number of carbonyl (C=O) groups is 1. The van der Waals surface area contributed by atoms with Crippen molar-refractivity contribution in [1.82, 2.24) is 15.5 Å². The minimum Gasteiger partial charge on any atom is -0.386 e. The number of hydrogen-bond acceptors (Lipinski definition) is 5. The van der Waals surface area contributed by atoms with Crippen LogP contribution in [-0.4, -0.2) is 27.9 Å². The average molecular weight is 338 g/mol. The number of nitrogens with zero attached hydrogens (tertiary/aromatic N) is 2. The van der Waals surface area contributed by atoms with E-state index < -0.39 is 18.0 Å². The molecule has 1 aromatic heterocycles. The maximum atomic E-state index is 13.5. The van der Waals surface area contributed by atoms with E-state index in [0.717, 1.165) is 24.3 Å². The van der Waals surface area contributed by atoms with Gasteiger partial charge < -0.3 is 10.4 Å². The van der Waals surface area contributed by atoms with Crippen molar-refractivity contribution >= 4 is 22.5 Å². The Morgan fingerprint density at radius 1 is 1.39 bits per heavy atom. The van der Waals surface area contributed by atoms with Gasteiger partial charge in [0.2, 0.25) is 5.13 Å². The third-order valence-corrected chi connectivity index (χ3v) is 4.05. The van der Waals surface area contributed by atoms with Crippen molar-refractivity contribution in [3.8, 4) is 0 Å². The molecule has 23 heavy (non-hydrogen) atoms. The molecular formula is C15H19FN4O2S. The van der Waals surface area contributed by atoms with E-state index in [-0.39, 0.29) is 12.1 Å². The summed E-state index contributed by atoms with van der Waals surface area (Å²) in [6, 6.07) is 5.39. The molecule has 6 nitrogen and oxygen atoms in total.